The molecule has 1 aliphatic heterocycles. The molecule has 1 aromatic rings. The number of halogens is 1. The minimum absolute atomic E-state index is 0.0647. The number of carbonyl (C=O) groups is 1. The topological polar surface area (TPSA) is 50.4 Å². The van der Waals surface area contributed by atoms with Gasteiger partial charge in [0.25, 0.3) is 0 Å². The molecular weight excluding hydrogens is 308 g/mol. The number of aryl methyl sites for hydroxylation is 1. The largest absolute Gasteiger partial charge is 0.496 e. The van der Waals surface area contributed by atoms with Crippen LogP contribution in [0.25, 0.3) is 0 Å². The molecule has 0 spiro atoms. The number of hydrogen-bond donors (Lipinski definition) is 2. The van der Waals surface area contributed by atoms with Crippen LogP contribution in [0.5, 0.6) is 5.75 Å². The van der Waals surface area contributed by atoms with Crippen molar-refractivity contribution in [2.24, 2.45) is 0 Å². The van der Waals surface area contributed by atoms with Gasteiger partial charge in [-0.1, -0.05) is 11.6 Å². The molecule has 1 amide bonds. The molecule has 1 aromatic carbocycles. The molecule has 1 heterocycles. The summed E-state index contributed by atoms with van der Waals surface area (Å²) < 4.78 is 5.43. The summed E-state index contributed by atoms with van der Waals surface area (Å²) >= 11 is 8.04. The fraction of sp³-hybridized carbons (Fsp3) is 0.533. The lowest BCUT2D eigenvalue weighted by molar-refractivity contribution is -0.122. The lowest BCUT2D eigenvalue weighted by Gasteiger charge is -2.16. The van der Waals surface area contributed by atoms with Crippen LogP contribution in [-0.4, -0.2) is 37.2 Å². The third kappa shape index (κ3) is 3.84. The van der Waals surface area contributed by atoms with Crippen LogP contribution in [-0.2, 0) is 11.2 Å². The third-order valence-electron chi connectivity index (χ3n) is 3.70. The molecule has 2 N–H and O–H groups in total. The van der Waals surface area contributed by atoms with Gasteiger partial charge in [-0.05, 0) is 37.5 Å². The number of benzene rings is 1. The fourth-order valence-corrected chi connectivity index (χ4v) is 3.56. The Kier molecular flexibility index (Phi) is 5.79. The van der Waals surface area contributed by atoms with Gasteiger partial charge in [0.05, 0.1) is 13.2 Å². The number of ether oxygens (including phenoxy) is 1. The number of hydrogen-bond acceptors (Lipinski definition) is 4. The zero-order valence-electron chi connectivity index (χ0n) is 12.6. The SMILES string of the molecule is COc1cc(C)c(Cl)c(C)c1CCNC(=O)C1CSCN1. The van der Waals surface area contributed by atoms with Gasteiger partial charge in [-0.3, -0.25) is 10.1 Å². The summed E-state index contributed by atoms with van der Waals surface area (Å²) in [5.41, 5.74) is 3.09. The summed E-state index contributed by atoms with van der Waals surface area (Å²) in [6.45, 7) is 4.54. The number of carbonyl (C=O) groups excluding carboxylic acids is 1. The molecule has 21 heavy (non-hydrogen) atoms. The van der Waals surface area contributed by atoms with Gasteiger partial charge >= 0.3 is 0 Å². The maximum atomic E-state index is 12.0. The predicted octanol–water partition coefficient (Wildman–Crippen LogP) is 2.29. The summed E-state index contributed by atoms with van der Waals surface area (Å²) in [7, 11) is 1.66. The highest BCUT2D eigenvalue weighted by Gasteiger charge is 2.22. The van der Waals surface area contributed by atoms with Crippen molar-refractivity contribution in [2.45, 2.75) is 26.3 Å². The number of thioether (sulfide) groups is 1. The summed E-state index contributed by atoms with van der Waals surface area (Å²) in [6, 6.07) is 1.88. The van der Waals surface area contributed by atoms with Crippen molar-refractivity contribution in [1.29, 1.82) is 0 Å². The third-order valence-corrected chi connectivity index (χ3v) is 5.22. The van der Waals surface area contributed by atoms with Gasteiger partial charge in [0.15, 0.2) is 0 Å². The van der Waals surface area contributed by atoms with Crippen LogP contribution in [0.4, 0.5) is 0 Å². The highest BCUT2D eigenvalue weighted by Crippen LogP contribution is 2.31. The van der Waals surface area contributed by atoms with Crippen molar-refractivity contribution in [3.63, 3.8) is 0 Å². The minimum Gasteiger partial charge on any atom is -0.496 e. The van der Waals surface area contributed by atoms with E-state index in [1.165, 1.54) is 0 Å². The second-order valence-electron chi connectivity index (χ2n) is 5.13. The monoisotopic (exact) mass is 328 g/mol. The normalized spacial score (nSPS) is 17.8. The Balaban J connectivity index is 1.99. The van der Waals surface area contributed by atoms with Crippen LogP contribution in [0, 0.1) is 13.8 Å². The Morgan fingerprint density at radius 1 is 1.57 bits per heavy atom. The summed E-state index contributed by atoms with van der Waals surface area (Å²) in [6.07, 6.45) is 0.709. The Morgan fingerprint density at radius 2 is 2.33 bits per heavy atom. The molecule has 0 aliphatic carbocycles. The molecule has 1 fully saturated rings. The van der Waals surface area contributed by atoms with E-state index in [4.69, 9.17) is 16.3 Å². The molecular formula is C15H21ClN2O2S. The molecule has 1 unspecified atom stereocenters. The van der Waals surface area contributed by atoms with Crippen LogP contribution in [0.1, 0.15) is 16.7 Å². The van der Waals surface area contributed by atoms with E-state index >= 15 is 0 Å². The lowest BCUT2D eigenvalue weighted by Crippen LogP contribution is -2.42. The fourth-order valence-electron chi connectivity index (χ4n) is 2.45. The summed E-state index contributed by atoms with van der Waals surface area (Å²) in [4.78, 5) is 12.0. The van der Waals surface area contributed by atoms with E-state index in [1.807, 2.05) is 19.9 Å². The molecule has 0 bridgehead atoms. The van der Waals surface area contributed by atoms with E-state index in [2.05, 4.69) is 10.6 Å². The van der Waals surface area contributed by atoms with Crippen LogP contribution in [0.2, 0.25) is 5.02 Å². The Hall–Kier alpha value is -0.910. The van der Waals surface area contributed by atoms with E-state index < -0.39 is 0 Å². The molecule has 0 saturated carbocycles. The molecule has 116 valence electrons. The number of nitrogens with one attached hydrogen (secondary N) is 2. The van der Waals surface area contributed by atoms with Gasteiger partial charge in [-0.15, -0.1) is 11.8 Å². The first-order valence-corrected chi connectivity index (χ1v) is 8.49. The van der Waals surface area contributed by atoms with E-state index in [9.17, 15) is 4.79 Å². The quantitative estimate of drug-likeness (QED) is 0.870. The number of methoxy groups -OCH3 is 1. The van der Waals surface area contributed by atoms with Crippen molar-refractivity contribution in [1.82, 2.24) is 10.6 Å². The minimum atomic E-state index is -0.0698. The van der Waals surface area contributed by atoms with Crippen LogP contribution >= 0.6 is 23.4 Å². The van der Waals surface area contributed by atoms with Crippen molar-refractivity contribution in [3.05, 3.63) is 27.8 Å². The highest BCUT2D eigenvalue weighted by molar-refractivity contribution is 7.99. The van der Waals surface area contributed by atoms with Crippen molar-refractivity contribution < 1.29 is 9.53 Å². The van der Waals surface area contributed by atoms with Crippen LogP contribution < -0.4 is 15.4 Å². The lowest BCUT2D eigenvalue weighted by atomic mass is 10.0. The van der Waals surface area contributed by atoms with Gasteiger partial charge in [-0.25, -0.2) is 0 Å². The van der Waals surface area contributed by atoms with Gasteiger partial charge < -0.3 is 10.1 Å². The first-order valence-electron chi connectivity index (χ1n) is 6.96. The van der Waals surface area contributed by atoms with Gasteiger partial charge in [0.2, 0.25) is 5.91 Å². The smallest absolute Gasteiger partial charge is 0.238 e. The molecule has 0 radical (unpaired) electrons. The van der Waals surface area contributed by atoms with E-state index in [0.29, 0.717) is 13.0 Å². The Bertz CT molecular complexity index is 531. The maximum Gasteiger partial charge on any atom is 0.238 e. The summed E-state index contributed by atoms with van der Waals surface area (Å²) in [5, 5.41) is 6.90. The van der Waals surface area contributed by atoms with Crippen molar-refractivity contribution in [3.8, 4) is 5.75 Å². The first-order chi connectivity index (χ1) is 10.0. The summed E-state index contributed by atoms with van der Waals surface area (Å²) in [5.74, 6) is 2.58. The average Bonchev–Trinajstić information content (AvgIpc) is 3.01. The zero-order chi connectivity index (χ0) is 15.4. The molecule has 2 rings (SSSR count). The van der Waals surface area contributed by atoms with Crippen LogP contribution in [0.15, 0.2) is 6.07 Å². The van der Waals surface area contributed by atoms with Gasteiger partial charge in [0.1, 0.15) is 5.75 Å². The van der Waals surface area contributed by atoms with Gasteiger partial charge in [0, 0.05) is 28.8 Å². The van der Waals surface area contributed by atoms with E-state index in [-0.39, 0.29) is 11.9 Å². The molecule has 0 aromatic heterocycles. The average molecular weight is 329 g/mol. The maximum absolute atomic E-state index is 12.0. The molecule has 1 saturated heterocycles. The standard InChI is InChI=1S/C15H21ClN2O2S/c1-9-6-13(20-3)11(10(2)14(9)16)4-5-17-15(19)12-7-21-8-18-12/h6,12,18H,4-5,7-8H2,1-3H3,(H,17,19). The Labute approximate surface area is 135 Å². The second kappa shape index (κ2) is 7.38. The second-order valence-corrected chi connectivity index (χ2v) is 6.53. The highest BCUT2D eigenvalue weighted by atomic mass is 35.5. The molecule has 1 atom stereocenters. The first kappa shape index (κ1) is 16.5. The van der Waals surface area contributed by atoms with Crippen molar-refractivity contribution >= 4 is 29.3 Å². The number of rotatable bonds is 5. The molecule has 1 aliphatic rings. The molecule has 6 heteroatoms. The van der Waals surface area contributed by atoms with E-state index in [1.54, 1.807) is 18.9 Å². The van der Waals surface area contributed by atoms with Gasteiger partial charge in [-0.2, -0.15) is 0 Å². The van der Waals surface area contributed by atoms with Crippen molar-refractivity contribution in [2.75, 3.05) is 25.3 Å². The zero-order valence-corrected chi connectivity index (χ0v) is 14.2. The Morgan fingerprint density at radius 3 is 2.95 bits per heavy atom. The van der Waals surface area contributed by atoms with E-state index in [0.717, 1.165) is 39.1 Å². The number of amides is 1. The molecule has 4 nitrogen and oxygen atoms in total. The van der Waals surface area contributed by atoms with Crippen LogP contribution in [0.3, 0.4) is 0 Å². The predicted molar refractivity (Wildman–Crippen MR) is 88.4 cm³/mol.